The van der Waals surface area contributed by atoms with Crippen molar-refractivity contribution in [3.8, 4) is 11.5 Å². The fraction of sp³-hybridized carbons (Fsp3) is 0.500. The van der Waals surface area contributed by atoms with Crippen LogP contribution in [0, 0.1) is 5.92 Å². The first-order valence-corrected chi connectivity index (χ1v) is 10.6. The van der Waals surface area contributed by atoms with Gasteiger partial charge in [0, 0.05) is 19.7 Å². The fourth-order valence-electron chi connectivity index (χ4n) is 3.68. The minimum Gasteiger partial charge on any atom is -0.497 e. The van der Waals surface area contributed by atoms with Crippen LogP contribution in [0.1, 0.15) is 43.1 Å². The zero-order valence-corrected chi connectivity index (χ0v) is 19.2. The summed E-state index contributed by atoms with van der Waals surface area (Å²) < 4.78 is 27.9. The van der Waals surface area contributed by atoms with E-state index in [9.17, 15) is 9.59 Å². The molecule has 8 nitrogen and oxygen atoms in total. The molecule has 2 heterocycles. The van der Waals surface area contributed by atoms with Crippen LogP contribution in [0.2, 0.25) is 0 Å². The summed E-state index contributed by atoms with van der Waals surface area (Å²) in [5, 5.41) is 2.92. The van der Waals surface area contributed by atoms with Crippen molar-refractivity contribution in [2.45, 2.75) is 45.2 Å². The zero-order valence-electron chi connectivity index (χ0n) is 19.2. The minimum atomic E-state index is -0.855. The van der Waals surface area contributed by atoms with Gasteiger partial charge in [-0.05, 0) is 43.9 Å². The molecule has 1 aromatic rings. The van der Waals surface area contributed by atoms with Crippen molar-refractivity contribution in [2.75, 3.05) is 27.6 Å². The van der Waals surface area contributed by atoms with Crippen LogP contribution < -0.4 is 14.8 Å². The molecule has 8 heteroatoms. The number of amides is 1. The van der Waals surface area contributed by atoms with Crippen molar-refractivity contribution in [2.24, 2.45) is 5.92 Å². The minimum absolute atomic E-state index is 0.0120. The highest BCUT2D eigenvalue weighted by Gasteiger charge is 2.43. The van der Waals surface area contributed by atoms with E-state index < -0.39 is 18.0 Å². The van der Waals surface area contributed by atoms with Gasteiger partial charge in [-0.3, -0.25) is 9.59 Å². The Balaban J connectivity index is 2.03. The number of methoxy groups -OCH3 is 2. The number of fused-ring (bicyclic) bond motifs is 2. The summed E-state index contributed by atoms with van der Waals surface area (Å²) in [7, 11) is 3.06. The largest absolute Gasteiger partial charge is 0.497 e. The lowest BCUT2D eigenvalue weighted by Crippen LogP contribution is -2.31. The summed E-state index contributed by atoms with van der Waals surface area (Å²) in [6, 6.07) is 3.42. The smallest absolute Gasteiger partial charge is 0.255 e. The molecule has 0 bridgehead atoms. The molecule has 1 fully saturated rings. The molecule has 1 N–H and O–H groups in total. The standard InChI is InChI=1S/C24H31NO7/c1-15-9-10-18(26)22-19(31-24(2,3)32-22)8-6-7-16-11-17(29-5)12-20(30-14-28-4)21(16)23(27)25-13-15/h6-7,9-12,15,19,22H,8,13-14H2,1-5H3,(H,25,27)/b7-6?,10-9-/t15-,19+,22?/m1/s1. The molecule has 1 amide bonds. The van der Waals surface area contributed by atoms with Crippen LogP contribution in [-0.2, 0) is 19.0 Å². The third kappa shape index (κ3) is 5.76. The molecule has 1 saturated heterocycles. The number of hydrogen-bond donors (Lipinski definition) is 1. The SMILES string of the molecule is COCOc1cc(OC)cc2c1C(=O)NC[C@H](C)/C=C\C(=O)C1OC(C)(C)O[C@H]1CC=C2. The van der Waals surface area contributed by atoms with Crippen LogP contribution in [0.25, 0.3) is 6.08 Å². The Hall–Kier alpha value is -2.68. The number of hydrogen-bond acceptors (Lipinski definition) is 7. The Kier molecular flexibility index (Phi) is 7.71. The second kappa shape index (κ2) is 10.3. The summed E-state index contributed by atoms with van der Waals surface area (Å²) in [5.74, 6) is -0.470. The first-order valence-electron chi connectivity index (χ1n) is 10.6. The molecule has 0 radical (unpaired) electrons. The van der Waals surface area contributed by atoms with E-state index in [2.05, 4.69) is 5.32 Å². The summed E-state index contributed by atoms with van der Waals surface area (Å²) in [6.45, 7) is 5.83. The number of rotatable bonds is 4. The molecule has 0 saturated carbocycles. The number of carbonyl (C=O) groups excluding carboxylic acids is 2. The molecule has 2 aliphatic heterocycles. The maximum absolute atomic E-state index is 13.1. The maximum atomic E-state index is 13.1. The van der Waals surface area contributed by atoms with Crippen LogP contribution in [0.15, 0.2) is 30.4 Å². The van der Waals surface area contributed by atoms with Crippen LogP contribution in [0.4, 0.5) is 0 Å². The van der Waals surface area contributed by atoms with Crippen molar-refractivity contribution in [1.82, 2.24) is 5.32 Å². The second-order valence-corrected chi connectivity index (χ2v) is 8.32. The molecule has 3 atom stereocenters. The van der Waals surface area contributed by atoms with Crippen molar-refractivity contribution in [3.05, 3.63) is 41.5 Å². The van der Waals surface area contributed by atoms with Gasteiger partial charge >= 0.3 is 0 Å². The van der Waals surface area contributed by atoms with E-state index in [1.165, 1.54) is 13.2 Å². The van der Waals surface area contributed by atoms with Crippen LogP contribution >= 0.6 is 0 Å². The number of ketones is 1. The van der Waals surface area contributed by atoms with E-state index in [0.29, 0.717) is 35.6 Å². The van der Waals surface area contributed by atoms with E-state index in [-0.39, 0.29) is 24.4 Å². The van der Waals surface area contributed by atoms with Gasteiger partial charge < -0.3 is 29.0 Å². The summed E-state index contributed by atoms with van der Waals surface area (Å²) in [5.41, 5.74) is 0.998. The van der Waals surface area contributed by atoms with Gasteiger partial charge in [-0.1, -0.05) is 25.2 Å². The van der Waals surface area contributed by atoms with E-state index in [0.717, 1.165) is 0 Å². The van der Waals surface area contributed by atoms with Gasteiger partial charge in [0.1, 0.15) is 17.6 Å². The molecular weight excluding hydrogens is 414 g/mol. The molecule has 0 aromatic heterocycles. The molecular formula is C24H31NO7. The van der Waals surface area contributed by atoms with Crippen LogP contribution in [0.3, 0.4) is 0 Å². The summed E-state index contributed by atoms with van der Waals surface area (Å²) >= 11 is 0. The highest BCUT2D eigenvalue weighted by Crippen LogP contribution is 2.33. The Morgan fingerprint density at radius 1 is 1.16 bits per heavy atom. The average Bonchev–Trinajstić information content (AvgIpc) is 3.07. The predicted molar refractivity (Wildman–Crippen MR) is 119 cm³/mol. The van der Waals surface area contributed by atoms with Crippen LogP contribution in [-0.4, -0.2) is 57.2 Å². The van der Waals surface area contributed by atoms with E-state index in [4.69, 9.17) is 23.7 Å². The second-order valence-electron chi connectivity index (χ2n) is 8.32. The molecule has 0 aliphatic carbocycles. The molecule has 174 valence electrons. The molecule has 3 rings (SSSR count). The zero-order chi connectivity index (χ0) is 23.3. The highest BCUT2D eigenvalue weighted by atomic mass is 16.8. The Labute approximate surface area is 188 Å². The molecule has 1 aromatic carbocycles. The van der Waals surface area contributed by atoms with Gasteiger partial charge in [0.2, 0.25) is 0 Å². The normalized spacial score (nSPS) is 26.5. The lowest BCUT2D eigenvalue weighted by atomic mass is 10.00. The van der Waals surface area contributed by atoms with E-state index >= 15 is 0 Å². The lowest BCUT2D eigenvalue weighted by Gasteiger charge is -2.17. The van der Waals surface area contributed by atoms with Gasteiger partial charge in [0.05, 0.1) is 18.8 Å². The number of nitrogens with one attached hydrogen (secondary N) is 1. The van der Waals surface area contributed by atoms with Gasteiger partial charge in [-0.15, -0.1) is 0 Å². The summed E-state index contributed by atoms with van der Waals surface area (Å²) in [6.07, 6.45) is 6.24. The molecule has 32 heavy (non-hydrogen) atoms. The third-order valence-electron chi connectivity index (χ3n) is 5.20. The number of benzene rings is 1. The molecule has 1 unspecified atom stereocenters. The van der Waals surface area contributed by atoms with Crippen molar-refractivity contribution >= 4 is 17.8 Å². The third-order valence-corrected chi connectivity index (χ3v) is 5.20. The van der Waals surface area contributed by atoms with Gasteiger partial charge in [-0.2, -0.15) is 0 Å². The van der Waals surface area contributed by atoms with Gasteiger partial charge in [0.25, 0.3) is 5.91 Å². The van der Waals surface area contributed by atoms with Crippen molar-refractivity contribution < 1.29 is 33.3 Å². The molecule has 0 spiro atoms. The number of ether oxygens (including phenoxy) is 5. The van der Waals surface area contributed by atoms with Crippen molar-refractivity contribution in [3.63, 3.8) is 0 Å². The molecule has 2 aliphatic rings. The first kappa shape index (κ1) is 24.0. The monoisotopic (exact) mass is 445 g/mol. The lowest BCUT2D eigenvalue weighted by molar-refractivity contribution is -0.152. The predicted octanol–water partition coefficient (Wildman–Crippen LogP) is 3.11. The summed E-state index contributed by atoms with van der Waals surface area (Å²) in [4.78, 5) is 25.8. The van der Waals surface area contributed by atoms with E-state index in [1.54, 1.807) is 45.2 Å². The Bertz CT molecular complexity index is 906. The fourth-order valence-corrected chi connectivity index (χ4v) is 3.68. The number of carbonyl (C=O) groups is 2. The average molecular weight is 446 g/mol. The van der Waals surface area contributed by atoms with Crippen molar-refractivity contribution in [1.29, 1.82) is 0 Å². The van der Waals surface area contributed by atoms with Gasteiger partial charge in [0.15, 0.2) is 18.4 Å². The van der Waals surface area contributed by atoms with Crippen LogP contribution in [0.5, 0.6) is 11.5 Å². The quantitative estimate of drug-likeness (QED) is 0.712. The topological polar surface area (TPSA) is 92.3 Å². The van der Waals surface area contributed by atoms with Gasteiger partial charge in [-0.25, -0.2) is 0 Å². The highest BCUT2D eigenvalue weighted by molar-refractivity contribution is 6.01. The van der Waals surface area contributed by atoms with E-state index in [1.807, 2.05) is 13.0 Å². The maximum Gasteiger partial charge on any atom is 0.255 e. The Morgan fingerprint density at radius 3 is 2.66 bits per heavy atom. The Morgan fingerprint density at radius 2 is 1.94 bits per heavy atom. The first-order chi connectivity index (χ1) is 15.2.